The molecule has 4 aromatic carbocycles. The number of carbonyl (C=O) groups excluding carboxylic acids is 2. The van der Waals surface area contributed by atoms with Gasteiger partial charge in [-0.15, -0.1) is 35.3 Å². The Labute approximate surface area is 278 Å². The van der Waals surface area contributed by atoms with Crippen molar-refractivity contribution in [2.24, 2.45) is 0 Å². The third-order valence-electron chi connectivity index (χ3n) is 4.96. The molecule has 0 fully saturated rings. The molecule has 4 aromatic rings. The van der Waals surface area contributed by atoms with Gasteiger partial charge < -0.3 is 17.0 Å². The second-order valence-corrected chi connectivity index (χ2v) is 8.38. The summed E-state index contributed by atoms with van der Waals surface area (Å²) in [4.78, 5) is 29.6. The van der Waals surface area contributed by atoms with Gasteiger partial charge in [0.05, 0.1) is 13.1 Å². The molecule has 41 heavy (non-hydrogen) atoms. The fourth-order valence-corrected chi connectivity index (χ4v) is 3.68. The van der Waals surface area contributed by atoms with Crippen LogP contribution in [0.5, 0.6) is 0 Å². The largest absolute Gasteiger partial charge is 2.00 e. The number of hydrogen-bond acceptors (Lipinski definition) is 2. The van der Waals surface area contributed by atoms with Gasteiger partial charge in [0.2, 0.25) is 0 Å². The number of rotatable bonds is 5. The molecule has 11 heteroatoms. The molecule has 0 N–H and O–H groups in total. The molecule has 204 valence electrons. The Bertz CT molecular complexity index is 1530. The number of hydrogen-bond donors (Lipinski definition) is 0. The first kappa shape index (κ1) is 38.2. The van der Waals surface area contributed by atoms with Gasteiger partial charge in [0.25, 0.3) is 5.24 Å². The smallest absolute Gasteiger partial charge is 1.00 e. The molecule has 0 saturated carbocycles. The molecule has 4 nitrogen and oxygen atoms in total. The van der Waals surface area contributed by atoms with Gasteiger partial charge in [-0.25, -0.2) is 18.5 Å². The third-order valence-corrected chi connectivity index (χ3v) is 5.74. The maximum absolute atomic E-state index is 12.8. The average Bonchev–Trinajstić information content (AvgIpc) is 2.97. The van der Waals surface area contributed by atoms with Gasteiger partial charge in [-0.05, 0) is 47.0 Å². The van der Waals surface area contributed by atoms with Crippen LogP contribution in [0.2, 0.25) is 0 Å². The summed E-state index contributed by atoms with van der Waals surface area (Å²) in [7, 11) is 0. The molecular weight excluding hydrogens is 669 g/mol. The number of benzene rings is 4. The predicted octanol–water partition coefficient (Wildman–Crippen LogP) is 5.95. The molecule has 0 radical (unpaired) electrons. The maximum Gasteiger partial charge on any atom is 2.00 e. The van der Waals surface area contributed by atoms with E-state index < -0.39 is 11.1 Å². The maximum atomic E-state index is 12.8. The molecule has 0 unspecified atom stereocenters. The molecule has 0 bridgehead atoms. The number of halogens is 6. The second kappa shape index (κ2) is 20.1. The zero-order chi connectivity index (χ0) is 28.8. The standard InChI is InChI=1S/C15H9ClFNO.C9H5Cl2NO.C6H4F.BrH.Mg/c1-18-13-6-7-14(11(8-13)9-16)15(19)10-2-4-12(17)5-3-10;1-12-7-2-3-8(9(11)13)6(4-7)5-10;7-6-4-2-1-3-5-6;;/h2-8H,9H2;2-4H,5H2;2-5H;1H;/q;;-1;;+2/p-1. The molecular formula is C30H18BrCl3F2MgN2O2. The van der Waals surface area contributed by atoms with E-state index in [1.54, 1.807) is 30.3 Å². The van der Waals surface area contributed by atoms with Gasteiger partial charge in [-0.2, -0.15) is 18.2 Å². The van der Waals surface area contributed by atoms with E-state index in [0.29, 0.717) is 39.2 Å². The molecule has 0 aliphatic carbocycles. The summed E-state index contributed by atoms with van der Waals surface area (Å²) in [6.07, 6.45) is 0. The first-order valence-corrected chi connectivity index (χ1v) is 12.4. The Kier molecular flexibility index (Phi) is 18.7. The van der Waals surface area contributed by atoms with Crippen molar-refractivity contribution in [1.82, 2.24) is 0 Å². The molecule has 0 saturated heterocycles. The topological polar surface area (TPSA) is 42.9 Å². The van der Waals surface area contributed by atoms with Crippen molar-refractivity contribution in [3.63, 3.8) is 0 Å². The molecule has 0 spiro atoms. The molecule has 0 aromatic heterocycles. The quantitative estimate of drug-likeness (QED) is 0.0857. The Balaban J connectivity index is 0.000000632. The molecule has 0 aliphatic rings. The van der Waals surface area contributed by atoms with Crippen molar-refractivity contribution in [2.75, 3.05) is 0 Å². The number of ketones is 1. The van der Waals surface area contributed by atoms with E-state index in [1.165, 1.54) is 54.6 Å². The van der Waals surface area contributed by atoms with Crippen molar-refractivity contribution in [2.45, 2.75) is 11.8 Å². The number of alkyl halides is 2. The minimum atomic E-state index is -0.549. The summed E-state index contributed by atoms with van der Waals surface area (Å²) in [6.45, 7) is 13.7. The van der Waals surface area contributed by atoms with E-state index in [4.69, 9.17) is 47.9 Å². The van der Waals surface area contributed by atoms with Crippen LogP contribution >= 0.6 is 34.8 Å². The van der Waals surface area contributed by atoms with Gasteiger partial charge in [0, 0.05) is 34.3 Å². The van der Waals surface area contributed by atoms with E-state index in [2.05, 4.69) is 15.8 Å². The van der Waals surface area contributed by atoms with E-state index in [1.807, 2.05) is 0 Å². The zero-order valence-corrected chi connectivity index (χ0v) is 26.5. The molecule has 4 rings (SSSR count). The van der Waals surface area contributed by atoms with Gasteiger partial charge >= 0.3 is 23.1 Å². The predicted molar refractivity (Wildman–Crippen MR) is 156 cm³/mol. The van der Waals surface area contributed by atoms with Crippen molar-refractivity contribution in [3.05, 3.63) is 153 Å². The van der Waals surface area contributed by atoms with E-state index in [0.717, 1.165) is 0 Å². The molecule has 0 atom stereocenters. The minimum absolute atomic E-state index is 0. The summed E-state index contributed by atoms with van der Waals surface area (Å²) < 4.78 is 24.7. The first-order chi connectivity index (χ1) is 18.7. The minimum Gasteiger partial charge on any atom is -1.00 e. The van der Waals surface area contributed by atoms with E-state index >= 15 is 0 Å². The van der Waals surface area contributed by atoms with Gasteiger partial charge in [-0.1, -0.05) is 36.4 Å². The Morgan fingerprint density at radius 2 is 1.17 bits per heavy atom. The number of nitrogens with zero attached hydrogens (tertiary/aromatic N) is 2. The summed E-state index contributed by atoms with van der Waals surface area (Å²) in [6, 6.07) is 23.2. The van der Waals surface area contributed by atoms with Gasteiger partial charge in [-0.3, -0.25) is 9.59 Å². The van der Waals surface area contributed by atoms with Crippen LogP contribution in [0, 0.1) is 30.8 Å². The average molecular weight is 687 g/mol. The summed E-state index contributed by atoms with van der Waals surface area (Å²) >= 11 is 16.7. The molecule has 0 amide bonds. The molecule has 0 aliphatic heterocycles. The molecule has 0 heterocycles. The summed E-state index contributed by atoms with van der Waals surface area (Å²) in [5, 5.41) is -0.549. The fraction of sp³-hybridized carbons (Fsp3) is 0.0667. The third kappa shape index (κ3) is 12.3. The SMILES string of the molecule is Fc1cc[c-]cc1.[Br-].[C-]#[N+]c1ccc(C(=O)Cl)c(CCl)c1.[C-]#[N+]c1ccc(C(=O)c2ccc(F)cc2)c(CCl)c1.[Mg+2]. The van der Waals surface area contributed by atoms with Crippen LogP contribution in [0.1, 0.15) is 37.4 Å². The van der Waals surface area contributed by atoms with Crippen molar-refractivity contribution in [1.29, 1.82) is 0 Å². The van der Waals surface area contributed by atoms with Crippen LogP contribution in [0.4, 0.5) is 20.2 Å². The van der Waals surface area contributed by atoms with Crippen LogP contribution in [-0.4, -0.2) is 34.1 Å². The van der Waals surface area contributed by atoms with Crippen LogP contribution < -0.4 is 17.0 Å². The monoisotopic (exact) mass is 684 g/mol. The second-order valence-electron chi connectivity index (χ2n) is 7.50. The van der Waals surface area contributed by atoms with Gasteiger partial charge in [0.1, 0.15) is 5.82 Å². The van der Waals surface area contributed by atoms with Crippen LogP contribution in [0.25, 0.3) is 9.69 Å². The fourth-order valence-electron chi connectivity index (χ4n) is 3.06. The van der Waals surface area contributed by atoms with Crippen LogP contribution in [0.3, 0.4) is 0 Å². The normalized spacial score (nSPS) is 9.05. The van der Waals surface area contributed by atoms with E-state index in [9.17, 15) is 18.4 Å². The Morgan fingerprint density at radius 1 is 0.732 bits per heavy atom. The first-order valence-electron chi connectivity index (χ1n) is 11.0. The summed E-state index contributed by atoms with van der Waals surface area (Å²) in [5.41, 5.74) is 3.28. The van der Waals surface area contributed by atoms with Crippen LogP contribution in [-0.2, 0) is 11.8 Å². The van der Waals surface area contributed by atoms with Crippen LogP contribution in [0.15, 0.2) is 84.9 Å². The Hall–Kier alpha value is -2.82. The van der Waals surface area contributed by atoms with Crippen molar-refractivity contribution < 1.29 is 35.4 Å². The number of carbonyl (C=O) groups is 2. The Morgan fingerprint density at radius 3 is 1.56 bits per heavy atom. The zero-order valence-electron chi connectivity index (χ0n) is 21.2. The van der Waals surface area contributed by atoms with E-state index in [-0.39, 0.29) is 63.4 Å². The van der Waals surface area contributed by atoms with Crippen molar-refractivity contribution in [3.8, 4) is 0 Å². The summed E-state index contributed by atoms with van der Waals surface area (Å²) in [5.74, 6) is -0.508. The van der Waals surface area contributed by atoms with Gasteiger partial charge in [0.15, 0.2) is 17.2 Å². The van der Waals surface area contributed by atoms with Crippen molar-refractivity contribution >= 4 is 80.3 Å².